The van der Waals surface area contributed by atoms with E-state index in [1.54, 1.807) is 12.1 Å². The van der Waals surface area contributed by atoms with Crippen molar-refractivity contribution < 1.29 is 23.1 Å². The van der Waals surface area contributed by atoms with Crippen molar-refractivity contribution in [1.29, 1.82) is 0 Å². The van der Waals surface area contributed by atoms with E-state index in [0.717, 1.165) is 17.1 Å². The summed E-state index contributed by atoms with van der Waals surface area (Å²) in [4.78, 5) is 20.1. The molecule has 166 valence electrons. The molecule has 0 amide bonds. The Morgan fingerprint density at radius 1 is 1.03 bits per heavy atom. The predicted molar refractivity (Wildman–Crippen MR) is 117 cm³/mol. The molecule has 0 unspecified atom stereocenters. The van der Waals surface area contributed by atoms with Crippen molar-refractivity contribution >= 4 is 16.0 Å². The normalized spacial score (nSPS) is 16.3. The second-order valence-corrected chi connectivity index (χ2v) is 9.36. The van der Waals surface area contributed by atoms with Gasteiger partial charge in [0.15, 0.2) is 0 Å². The Kier molecular flexibility index (Phi) is 6.48. The first kappa shape index (κ1) is 21.9. The Labute approximate surface area is 186 Å². The Hall–Kier alpha value is -3.30. The summed E-state index contributed by atoms with van der Waals surface area (Å²) in [7, 11) is -4.05. The van der Waals surface area contributed by atoms with E-state index >= 15 is 0 Å². The van der Waals surface area contributed by atoms with Gasteiger partial charge in [-0.3, -0.25) is 14.8 Å². The molecule has 0 saturated carbocycles. The van der Waals surface area contributed by atoms with E-state index in [9.17, 15) is 18.3 Å². The summed E-state index contributed by atoms with van der Waals surface area (Å²) >= 11 is 0. The van der Waals surface area contributed by atoms with Crippen molar-refractivity contribution in [3.8, 4) is 5.75 Å². The number of rotatable bonds is 8. The van der Waals surface area contributed by atoms with E-state index in [1.165, 1.54) is 30.1 Å². The third kappa shape index (κ3) is 4.79. The second-order valence-electron chi connectivity index (χ2n) is 7.47. The molecule has 2 heterocycles. The van der Waals surface area contributed by atoms with Gasteiger partial charge in [0.1, 0.15) is 11.8 Å². The lowest BCUT2D eigenvalue weighted by Gasteiger charge is -2.32. The maximum absolute atomic E-state index is 13.2. The van der Waals surface area contributed by atoms with E-state index < -0.39 is 22.0 Å². The van der Waals surface area contributed by atoms with Gasteiger partial charge in [-0.1, -0.05) is 30.3 Å². The lowest BCUT2D eigenvalue weighted by atomic mass is 10.1. The number of sulfonamides is 1. The van der Waals surface area contributed by atoms with Gasteiger partial charge < -0.3 is 9.84 Å². The molecule has 3 aromatic rings. The Balaban J connectivity index is 1.43. The molecule has 1 N–H and O–H groups in total. The van der Waals surface area contributed by atoms with Gasteiger partial charge in [0.2, 0.25) is 10.0 Å². The number of hydrogen-bond donors (Lipinski definition) is 1. The summed E-state index contributed by atoms with van der Waals surface area (Å²) in [6.45, 7) is 0.365. The molecule has 4 rings (SSSR count). The highest BCUT2D eigenvalue weighted by Crippen LogP contribution is 2.28. The number of carboxylic acid groups (broad SMARTS) is 1. The molecule has 0 aliphatic carbocycles. The van der Waals surface area contributed by atoms with Gasteiger partial charge in [-0.05, 0) is 42.7 Å². The zero-order valence-corrected chi connectivity index (χ0v) is 18.1. The summed E-state index contributed by atoms with van der Waals surface area (Å²) in [5, 5.41) is 9.62. The molecule has 1 aromatic heterocycles. The van der Waals surface area contributed by atoms with Crippen LogP contribution in [0.15, 0.2) is 71.9 Å². The molecule has 8 nitrogen and oxygen atoms in total. The number of carbonyl (C=O) groups is 1. The highest BCUT2D eigenvalue weighted by Gasteiger charge is 2.40. The number of aromatic nitrogens is 2. The topological polar surface area (TPSA) is 110 Å². The van der Waals surface area contributed by atoms with Crippen molar-refractivity contribution in [2.75, 3.05) is 6.61 Å². The molecule has 0 bridgehead atoms. The van der Waals surface area contributed by atoms with Gasteiger partial charge in [0.05, 0.1) is 29.4 Å². The van der Waals surface area contributed by atoms with Gasteiger partial charge in [-0.15, -0.1) is 0 Å². The highest BCUT2D eigenvalue weighted by atomic mass is 32.2. The maximum Gasteiger partial charge on any atom is 0.322 e. The minimum absolute atomic E-state index is 0.00715. The monoisotopic (exact) mass is 453 g/mol. The number of aliphatic carboxylic acids is 1. The Bertz CT molecular complexity index is 1180. The van der Waals surface area contributed by atoms with Crippen molar-refractivity contribution in [1.82, 2.24) is 14.3 Å². The van der Waals surface area contributed by atoms with E-state index in [2.05, 4.69) is 22.1 Å². The molecule has 1 atom stereocenters. The largest absolute Gasteiger partial charge is 0.494 e. The molecule has 2 aromatic carbocycles. The van der Waals surface area contributed by atoms with Crippen LogP contribution in [0.5, 0.6) is 5.75 Å². The zero-order chi connectivity index (χ0) is 22.6. The Morgan fingerprint density at radius 3 is 2.41 bits per heavy atom. The first-order chi connectivity index (χ1) is 15.4. The number of carboxylic acids is 1. The minimum Gasteiger partial charge on any atom is -0.494 e. The molecule has 9 heteroatoms. The van der Waals surface area contributed by atoms with E-state index in [4.69, 9.17) is 4.74 Å². The average Bonchev–Trinajstić information content (AvgIpc) is 2.82. The van der Waals surface area contributed by atoms with Crippen LogP contribution >= 0.6 is 0 Å². The van der Waals surface area contributed by atoms with Crippen molar-refractivity contribution in [2.45, 2.75) is 36.7 Å². The number of ether oxygens (including phenoxy) is 1. The fraction of sp³-hybridized carbons (Fsp3) is 0.261. The van der Waals surface area contributed by atoms with Crippen LogP contribution in [0.25, 0.3) is 0 Å². The smallest absolute Gasteiger partial charge is 0.322 e. The van der Waals surface area contributed by atoms with Crippen LogP contribution < -0.4 is 4.74 Å². The van der Waals surface area contributed by atoms with Gasteiger partial charge in [-0.25, -0.2) is 8.42 Å². The minimum atomic E-state index is -4.05. The second kappa shape index (κ2) is 9.46. The molecule has 1 aliphatic rings. The first-order valence-corrected chi connectivity index (χ1v) is 11.7. The molecule has 0 saturated heterocycles. The van der Waals surface area contributed by atoms with Crippen LogP contribution in [-0.2, 0) is 34.2 Å². The molecule has 1 aliphatic heterocycles. The van der Waals surface area contributed by atoms with Crippen molar-refractivity contribution in [3.05, 3.63) is 83.9 Å². The molecule has 0 radical (unpaired) electrons. The fourth-order valence-corrected chi connectivity index (χ4v) is 5.20. The summed E-state index contributed by atoms with van der Waals surface area (Å²) in [6, 6.07) is 14.9. The molecular weight excluding hydrogens is 430 g/mol. The maximum atomic E-state index is 13.2. The summed E-state index contributed by atoms with van der Waals surface area (Å²) in [6.07, 6.45) is 4.64. The van der Waals surface area contributed by atoms with Crippen LogP contribution in [0.3, 0.4) is 0 Å². The number of fused-ring (bicyclic) bond motifs is 1. The van der Waals surface area contributed by atoms with Crippen LogP contribution in [0.4, 0.5) is 0 Å². The fourth-order valence-electron chi connectivity index (χ4n) is 3.66. The average molecular weight is 454 g/mol. The van der Waals surface area contributed by atoms with Gasteiger partial charge in [0.25, 0.3) is 0 Å². The SMILES string of the molecule is O=C(O)[C@H]1Cc2nccnc2CN1S(=O)(=O)c1ccc(OCCCc2ccccc2)cc1. The van der Waals surface area contributed by atoms with Gasteiger partial charge in [0, 0.05) is 18.8 Å². The molecular formula is C23H23N3O5S. The van der Waals surface area contributed by atoms with Crippen molar-refractivity contribution in [2.24, 2.45) is 0 Å². The first-order valence-electron chi connectivity index (χ1n) is 10.3. The highest BCUT2D eigenvalue weighted by molar-refractivity contribution is 7.89. The van der Waals surface area contributed by atoms with Crippen LogP contribution in [0.2, 0.25) is 0 Å². The van der Waals surface area contributed by atoms with Gasteiger partial charge in [-0.2, -0.15) is 4.31 Å². The third-order valence-corrected chi connectivity index (χ3v) is 7.21. The zero-order valence-electron chi connectivity index (χ0n) is 17.3. The van der Waals surface area contributed by atoms with Gasteiger partial charge >= 0.3 is 5.97 Å². The third-order valence-electron chi connectivity index (χ3n) is 5.34. The summed E-state index contributed by atoms with van der Waals surface area (Å²) in [5.41, 5.74) is 2.20. The van der Waals surface area contributed by atoms with E-state index in [0.29, 0.717) is 23.7 Å². The number of nitrogens with zero attached hydrogens (tertiary/aromatic N) is 3. The number of benzene rings is 2. The van der Waals surface area contributed by atoms with Crippen LogP contribution in [-0.4, -0.2) is 46.4 Å². The van der Waals surface area contributed by atoms with Crippen molar-refractivity contribution in [3.63, 3.8) is 0 Å². The number of aryl methyl sites for hydroxylation is 1. The Morgan fingerprint density at radius 2 is 1.72 bits per heavy atom. The number of hydrogen-bond acceptors (Lipinski definition) is 6. The molecule has 32 heavy (non-hydrogen) atoms. The standard InChI is InChI=1S/C23H23N3O5S/c27-23(28)22-15-20-21(25-13-12-24-20)16-26(22)32(29,30)19-10-8-18(9-11-19)31-14-4-7-17-5-2-1-3-6-17/h1-3,5-6,8-13,22H,4,7,14-16H2,(H,27,28)/t22-/m1/s1. The lowest BCUT2D eigenvalue weighted by molar-refractivity contribution is -0.141. The molecule has 0 spiro atoms. The van der Waals surface area contributed by atoms with Crippen LogP contribution in [0, 0.1) is 0 Å². The summed E-state index contributed by atoms with van der Waals surface area (Å²) < 4.78 is 33.1. The van der Waals surface area contributed by atoms with E-state index in [1.807, 2.05) is 18.2 Å². The quantitative estimate of drug-likeness (QED) is 0.522. The molecule has 0 fully saturated rings. The van der Waals surface area contributed by atoms with E-state index in [-0.39, 0.29) is 17.9 Å². The lowest BCUT2D eigenvalue weighted by Crippen LogP contribution is -2.49. The summed E-state index contributed by atoms with van der Waals surface area (Å²) in [5.74, 6) is -0.662. The van der Waals surface area contributed by atoms with Crippen LogP contribution in [0.1, 0.15) is 23.4 Å². The predicted octanol–water partition coefficient (Wildman–Crippen LogP) is 2.69.